The van der Waals surface area contributed by atoms with Crippen molar-refractivity contribution in [1.82, 2.24) is 10.2 Å². The molecule has 1 amide bonds. The van der Waals surface area contributed by atoms with Gasteiger partial charge in [0.25, 0.3) is 0 Å². The van der Waals surface area contributed by atoms with Crippen LogP contribution in [0.2, 0.25) is 0 Å². The Morgan fingerprint density at radius 3 is 2.67 bits per heavy atom. The summed E-state index contributed by atoms with van der Waals surface area (Å²) in [7, 11) is 0. The van der Waals surface area contributed by atoms with E-state index >= 15 is 0 Å². The standard InChI is InChI=1S/C18H24FN3O4S/c1-12(24)9-16(22(13(2)27)11-18(25)21-6-5-20)15-4-3-14(19)10-17(15)26-8-7-23/h3-4,9-10,23H,5-8,11,20H2,1-2H3,(H,21,25)/b16-9-. The van der Waals surface area contributed by atoms with Crippen LogP contribution in [0.5, 0.6) is 5.75 Å². The van der Waals surface area contributed by atoms with Crippen LogP contribution < -0.4 is 15.8 Å². The molecule has 0 aliphatic rings. The Balaban J connectivity index is 3.36. The number of nitrogens with zero attached hydrogens (tertiary/aromatic N) is 1. The monoisotopic (exact) mass is 397 g/mol. The summed E-state index contributed by atoms with van der Waals surface area (Å²) in [5.41, 5.74) is 6.05. The van der Waals surface area contributed by atoms with Crippen molar-refractivity contribution in [2.75, 3.05) is 32.8 Å². The maximum absolute atomic E-state index is 13.7. The number of carbonyl (C=O) groups excluding carboxylic acids is 2. The minimum atomic E-state index is -0.542. The largest absolute Gasteiger partial charge is 0.490 e. The van der Waals surface area contributed by atoms with E-state index in [1.54, 1.807) is 6.92 Å². The lowest BCUT2D eigenvalue weighted by molar-refractivity contribution is -0.121. The topological polar surface area (TPSA) is 105 Å². The molecule has 1 rings (SSSR count). The van der Waals surface area contributed by atoms with Gasteiger partial charge in [0.1, 0.15) is 24.7 Å². The Kier molecular flexibility index (Phi) is 9.55. The summed E-state index contributed by atoms with van der Waals surface area (Å²) >= 11 is 5.25. The van der Waals surface area contributed by atoms with Crippen molar-refractivity contribution in [3.8, 4) is 5.75 Å². The molecule has 27 heavy (non-hydrogen) atoms. The summed E-state index contributed by atoms with van der Waals surface area (Å²) in [5.74, 6) is -1.04. The number of allylic oxidation sites excluding steroid dienone is 1. The number of nitrogens with one attached hydrogen (secondary N) is 1. The molecule has 0 aliphatic carbocycles. The van der Waals surface area contributed by atoms with Crippen LogP contribution >= 0.6 is 12.2 Å². The summed E-state index contributed by atoms with van der Waals surface area (Å²) in [6.07, 6.45) is 1.30. The normalized spacial score (nSPS) is 11.1. The number of halogens is 1. The fourth-order valence-electron chi connectivity index (χ4n) is 2.25. The number of carbonyl (C=O) groups is 2. The molecule has 0 heterocycles. The minimum Gasteiger partial charge on any atom is -0.490 e. The molecule has 0 aliphatic heterocycles. The Morgan fingerprint density at radius 2 is 2.11 bits per heavy atom. The van der Waals surface area contributed by atoms with Gasteiger partial charge in [0, 0.05) is 30.8 Å². The molecule has 0 spiro atoms. The first-order valence-corrected chi connectivity index (χ1v) is 8.71. The third-order valence-electron chi connectivity index (χ3n) is 3.35. The van der Waals surface area contributed by atoms with Crippen LogP contribution in [-0.4, -0.2) is 59.5 Å². The van der Waals surface area contributed by atoms with E-state index in [0.29, 0.717) is 22.8 Å². The molecule has 0 saturated heterocycles. The zero-order valence-corrected chi connectivity index (χ0v) is 16.1. The summed E-state index contributed by atoms with van der Waals surface area (Å²) in [6.45, 7) is 3.08. The van der Waals surface area contributed by atoms with E-state index in [4.69, 9.17) is 27.8 Å². The van der Waals surface area contributed by atoms with Gasteiger partial charge in [0.15, 0.2) is 5.78 Å². The molecule has 9 heteroatoms. The van der Waals surface area contributed by atoms with Gasteiger partial charge in [-0.2, -0.15) is 0 Å². The van der Waals surface area contributed by atoms with Crippen molar-refractivity contribution in [3.63, 3.8) is 0 Å². The van der Waals surface area contributed by atoms with Gasteiger partial charge in [0.2, 0.25) is 5.91 Å². The number of aliphatic hydroxyl groups is 1. The van der Waals surface area contributed by atoms with Crippen LogP contribution in [0.25, 0.3) is 5.70 Å². The van der Waals surface area contributed by atoms with E-state index in [-0.39, 0.29) is 43.7 Å². The van der Waals surface area contributed by atoms with E-state index in [1.807, 2.05) is 0 Å². The number of nitrogens with two attached hydrogens (primary N) is 1. The van der Waals surface area contributed by atoms with Crippen molar-refractivity contribution in [2.24, 2.45) is 5.73 Å². The summed E-state index contributed by atoms with van der Waals surface area (Å²) in [5, 5.41) is 11.6. The molecule has 0 unspecified atom stereocenters. The molecule has 148 valence electrons. The van der Waals surface area contributed by atoms with Gasteiger partial charge in [-0.1, -0.05) is 12.2 Å². The zero-order valence-electron chi connectivity index (χ0n) is 15.3. The number of aliphatic hydroxyl groups excluding tert-OH is 1. The number of amides is 1. The van der Waals surface area contributed by atoms with Gasteiger partial charge in [-0.25, -0.2) is 4.39 Å². The van der Waals surface area contributed by atoms with Crippen molar-refractivity contribution in [3.05, 3.63) is 35.7 Å². The van der Waals surface area contributed by atoms with E-state index in [1.165, 1.54) is 30.0 Å². The van der Waals surface area contributed by atoms with Crippen LogP contribution in [0.3, 0.4) is 0 Å². The molecule has 0 fully saturated rings. The van der Waals surface area contributed by atoms with Crippen molar-refractivity contribution in [1.29, 1.82) is 0 Å². The second kappa shape index (κ2) is 11.4. The lowest BCUT2D eigenvalue weighted by atomic mass is 10.1. The van der Waals surface area contributed by atoms with Gasteiger partial charge < -0.3 is 25.8 Å². The minimum absolute atomic E-state index is 0.0582. The second-order valence-corrected chi connectivity index (χ2v) is 6.19. The Morgan fingerprint density at radius 1 is 1.41 bits per heavy atom. The van der Waals surface area contributed by atoms with Crippen LogP contribution in [0.4, 0.5) is 4.39 Å². The van der Waals surface area contributed by atoms with Gasteiger partial charge in [-0.05, 0) is 26.0 Å². The second-order valence-electron chi connectivity index (χ2n) is 5.60. The van der Waals surface area contributed by atoms with E-state index in [0.717, 1.165) is 6.07 Å². The first-order valence-electron chi connectivity index (χ1n) is 8.30. The van der Waals surface area contributed by atoms with Crippen LogP contribution in [0.15, 0.2) is 24.3 Å². The number of hydrogen-bond donors (Lipinski definition) is 3. The molecule has 0 bridgehead atoms. The predicted molar refractivity (Wildman–Crippen MR) is 105 cm³/mol. The lowest BCUT2D eigenvalue weighted by Gasteiger charge is -2.27. The fourth-order valence-corrected chi connectivity index (χ4v) is 2.42. The lowest BCUT2D eigenvalue weighted by Crippen LogP contribution is -2.40. The Hall–Kier alpha value is -2.36. The maximum atomic E-state index is 13.7. The molecular formula is C18H24FN3O4S. The highest BCUT2D eigenvalue weighted by Crippen LogP contribution is 2.30. The molecule has 4 N–H and O–H groups in total. The molecule has 0 saturated carbocycles. The highest BCUT2D eigenvalue weighted by atomic mass is 32.1. The highest BCUT2D eigenvalue weighted by Gasteiger charge is 2.21. The third kappa shape index (κ3) is 7.41. The number of benzene rings is 1. The smallest absolute Gasteiger partial charge is 0.240 e. The SMILES string of the molecule is CC(=O)/C=C(/c1ccc(F)cc1OCCO)N(CC(=O)NCCN)C(C)=S. The number of thiocarbonyl (C=S) groups is 1. The average Bonchev–Trinajstić information content (AvgIpc) is 2.60. The summed E-state index contributed by atoms with van der Waals surface area (Å²) in [6, 6.07) is 3.78. The Labute approximate surface area is 163 Å². The van der Waals surface area contributed by atoms with E-state index in [9.17, 15) is 14.0 Å². The maximum Gasteiger partial charge on any atom is 0.240 e. The highest BCUT2D eigenvalue weighted by molar-refractivity contribution is 7.80. The molecule has 0 aromatic heterocycles. The van der Waals surface area contributed by atoms with Crippen LogP contribution in [0, 0.1) is 5.82 Å². The van der Waals surface area contributed by atoms with Gasteiger partial charge in [0.05, 0.1) is 17.3 Å². The molecule has 7 nitrogen and oxygen atoms in total. The van der Waals surface area contributed by atoms with E-state index in [2.05, 4.69) is 5.32 Å². The van der Waals surface area contributed by atoms with Gasteiger partial charge >= 0.3 is 0 Å². The first kappa shape index (κ1) is 22.7. The van der Waals surface area contributed by atoms with Gasteiger partial charge in [-0.3, -0.25) is 9.59 Å². The number of ether oxygens (including phenoxy) is 1. The molecular weight excluding hydrogens is 373 g/mol. The van der Waals surface area contributed by atoms with Crippen molar-refractivity contribution < 1.29 is 23.8 Å². The molecule has 1 aromatic carbocycles. The Bertz CT molecular complexity index is 725. The zero-order chi connectivity index (χ0) is 20.4. The van der Waals surface area contributed by atoms with Crippen LogP contribution in [0.1, 0.15) is 19.4 Å². The average molecular weight is 397 g/mol. The fraction of sp³-hybridized carbons (Fsp3) is 0.389. The number of rotatable bonds is 10. The molecule has 1 aromatic rings. The molecule has 0 radical (unpaired) electrons. The van der Waals surface area contributed by atoms with Gasteiger partial charge in [-0.15, -0.1) is 0 Å². The third-order valence-corrected chi connectivity index (χ3v) is 3.57. The number of hydrogen-bond acceptors (Lipinski definition) is 6. The van der Waals surface area contributed by atoms with Crippen molar-refractivity contribution >= 4 is 34.6 Å². The van der Waals surface area contributed by atoms with E-state index < -0.39 is 5.82 Å². The quantitative estimate of drug-likeness (QED) is 0.397. The predicted octanol–water partition coefficient (Wildman–Crippen LogP) is 0.851. The number of ketones is 1. The summed E-state index contributed by atoms with van der Waals surface area (Å²) in [4.78, 5) is 25.7. The van der Waals surface area contributed by atoms with Crippen molar-refractivity contribution in [2.45, 2.75) is 13.8 Å². The summed E-state index contributed by atoms with van der Waals surface area (Å²) < 4.78 is 19.1. The molecule has 0 atom stereocenters. The van der Waals surface area contributed by atoms with Crippen LogP contribution in [-0.2, 0) is 9.59 Å². The first-order chi connectivity index (χ1) is 12.8.